The Morgan fingerprint density at radius 3 is 2.87 bits per heavy atom. The molecule has 0 aromatic carbocycles. The molecule has 1 aromatic rings. The normalized spacial score (nSPS) is 22.0. The minimum Gasteiger partial charge on any atom is -0.469 e. The van der Waals surface area contributed by atoms with Gasteiger partial charge in [-0.1, -0.05) is 20.3 Å². The Bertz CT molecular complexity index is 663. The van der Waals surface area contributed by atoms with E-state index in [-0.39, 0.29) is 18.1 Å². The number of carbonyl (C=O) groups excluding carboxylic acids is 1. The van der Waals surface area contributed by atoms with E-state index in [2.05, 4.69) is 23.6 Å². The fourth-order valence-corrected chi connectivity index (χ4v) is 2.77. The number of hydrogen-bond donors (Lipinski definition) is 1. The molecule has 0 saturated carbocycles. The van der Waals surface area contributed by atoms with Crippen molar-refractivity contribution < 1.29 is 14.3 Å². The molecule has 1 saturated heterocycles. The van der Waals surface area contributed by atoms with Gasteiger partial charge in [0.2, 0.25) is 0 Å². The quantitative estimate of drug-likeness (QED) is 0.798. The third-order valence-corrected chi connectivity index (χ3v) is 4.36. The van der Waals surface area contributed by atoms with Crippen LogP contribution in [-0.4, -0.2) is 28.7 Å². The number of nitrogens with zero attached hydrogens (tertiary/aromatic N) is 1. The zero-order valence-corrected chi connectivity index (χ0v) is 13.8. The Morgan fingerprint density at radius 2 is 2.22 bits per heavy atom. The molecule has 7 heteroatoms. The van der Waals surface area contributed by atoms with Crippen molar-refractivity contribution >= 4 is 5.97 Å². The molecule has 2 rings (SSSR count). The second kappa shape index (κ2) is 7.59. The number of ether oxygens (including phenoxy) is 2. The lowest BCUT2D eigenvalue weighted by atomic mass is 10.00. The summed E-state index contributed by atoms with van der Waals surface area (Å²) in [6, 6.07) is 0. The van der Waals surface area contributed by atoms with Crippen molar-refractivity contribution in [1.82, 2.24) is 9.55 Å². The second-order valence-electron chi connectivity index (χ2n) is 6.11. The number of aromatic nitrogens is 2. The Hall–Kier alpha value is -1.89. The first-order valence-electron chi connectivity index (χ1n) is 8.01. The summed E-state index contributed by atoms with van der Waals surface area (Å²) in [5, 5.41) is 0. The first kappa shape index (κ1) is 17.5. The molecule has 3 atom stereocenters. The highest BCUT2D eigenvalue weighted by Crippen LogP contribution is 2.31. The van der Waals surface area contributed by atoms with Crippen LogP contribution in [0.15, 0.2) is 15.8 Å². The van der Waals surface area contributed by atoms with Crippen LogP contribution in [0.1, 0.15) is 51.3 Å². The highest BCUT2D eigenvalue weighted by Gasteiger charge is 2.28. The molecule has 23 heavy (non-hydrogen) atoms. The van der Waals surface area contributed by atoms with Gasteiger partial charge >= 0.3 is 11.7 Å². The third kappa shape index (κ3) is 4.31. The van der Waals surface area contributed by atoms with E-state index < -0.39 is 23.4 Å². The highest BCUT2D eigenvalue weighted by molar-refractivity contribution is 5.72. The predicted octanol–water partition coefficient (Wildman–Crippen LogP) is 1.37. The number of rotatable bonds is 6. The fraction of sp³-hybridized carbons (Fsp3) is 0.688. The fourth-order valence-electron chi connectivity index (χ4n) is 2.77. The summed E-state index contributed by atoms with van der Waals surface area (Å²) in [7, 11) is 1.26. The largest absolute Gasteiger partial charge is 0.469 e. The van der Waals surface area contributed by atoms with E-state index in [9.17, 15) is 14.4 Å². The van der Waals surface area contributed by atoms with Crippen LogP contribution in [0.2, 0.25) is 0 Å². The summed E-state index contributed by atoms with van der Waals surface area (Å²) < 4.78 is 11.9. The first-order valence-corrected chi connectivity index (χ1v) is 8.01. The van der Waals surface area contributed by atoms with Crippen LogP contribution in [0.4, 0.5) is 0 Å². The summed E-state index contributed by atoms with van der Waals surface area (Å²) in [5.74, 6) is 0.0450. The van der Waals surface area contributed by atoms with Gasteiger partial charge in [-0.05, 0) is 25.2 Å². The maximum Gasteiger partial charge on any atom is 0.330 e. The summed E-state index contributed by atoms with van der Waals surface area (Å²) in [6.07, 6.45) is 4.61. The smallest absolute Gasteiger partial charge is 0.330 e. The molecule has 1 fully saturated rings. The molecule has 1 aliphatic heterocycles. The number of nitrogens with one attached hydrogen (secondary N) is 1. The molecule has 1 aliphatic rings. The van der Waals surface area contributed by atoms with E-state index >= 15 is 0 Å². The molecule has 0 aliphatic carbocycles. The maximum atomic E-state index is 12.0. The Morgan fingerprint density at radius 1 is 1.48 bits per heavy atom. The molecule has 1 N–H and O–H groups in total. The zero-order valence-electron chi connectivity index (χ0n) is 13.8. The van der Waals surface area contributed by atoms with Gasteiger partial charge < -0.3 is 9.47 Å². The Labute approximate surface area is 134 Å². The number of methoxy groups -OCH3 is 1. The molecule has 2 heterocycles. The number of carbonyl (C=O) groups is 1. The van der Waals surface area contributed by atoms with Gasteiger partial charge in [-0.15, -0.1) is 0 Å². The molecule has 128 valence electrons. The van der Waals surface area contributed by atoms with E-state index in [4.69, 9.17) is 4.74 Å². The molecule has 3 unspecified atom stereocenters. The third-order valence-electron chi connectivity index (χ3n) is 4.36. The van der Waals surface area contributed by atoms with Crippen LogP contribution >= 0.6 is 0 Å². The SMILES string of the molecule is CCC(C)CC1CCC(n2cc(CC(=O)OC)c(=O)[nH]c2=O)O1. The van der Waals surface area contributed by atoms with Crippen LogP contribution in [0.25, 0.3) is 0 Å². The second-order valence-corrected chi connectivity index (χ2v) is 6.11. The van der Waals surface area contributed by atoms with Crippen molar-refractivity contribution in [2.75, 3.05) is 7.11 Å². The van der Waals surface area contributed by atoms with Crippen LogP contribution < -0.4 is 11.2 Å². The van der Waals surface area contributed by atoms with Crippen molar-refractivity contribution in [1.29, 1.82) is 0 Å². The van der Waals surface area contributed by atoms with Gasteiger partial charge in [0.05, 0.1) is 19.6 Å². The van der Waals surface area contributed by atoms with E-state index in [1.54, 1.807) is 0 Å². The monoisotopic (exact) mass is 324 g/mol. The van der Waals surface area contributed by atoms with Gasteiger partial charge in [0.1, 0.15) is 6.23 Å². The van der Waals surface area contributed by atoms with Gasteiger partial charge in [0.25, 0.3) is 5.56 Å². The van der Waals surface area contributed by atoms with Crippen LogP contribution in [0.3, 0.4) is 0 Å². The van der Waals surface area contributed by atoms with E-state index in [1.165, 1.54) is 17.9 Å². The van der Waals surface area contributed by atoms with Crippen molar-refractivity contribution in [3.63, 3.8) is 0 Å². The topological polar surface area (TPSA) is 90.4 Å². The summed E-state index contributed by atoms with van der Waals surface area (Å²) in [5.41, 5.74) is -0.881. The molecular weight excluding hydrogens is 300 g/mol. The molecule has 7 nitrogen and oxygen atoms in total. The maximum absolute atomic E-state index is 12.0. The van der Waals surface area contributed by atoms with Gasteiger partial charge in [0, 0.05) is 11.8 Å². The van der Waals surface area contributed by atoms with Gasteiger partial charge in [-0.2, -0.15) is 0 Å². The molecule has 0 bridgehead atoms. The summed E-state index contributed by atoms with van der Waals surface area (Å²) in [6.45, 7) is 4.32. The lowest BCUT2D eigenvalue weighted by Crippen LogP contribution is -2.35. The van der Waals surface area contributed by atoms with Gasteiger partial charge in [-0.3, -0.25) is 19.1 Å². The number of aromatic amines is 1. The summed E-state index contributed by atoms with van der Waals surface area (Å²) >= 11 is 0. The lowest BCUT2D eigenvalue weighted by molar-refractivity contribution is -0.139. The Balaban J connectivity index is 2.17. The van der Waals surface area contributed by atoms with Crippen LogP contribution in [-0.2, 0) is 20.7 Å². The van der Waals surface area contributed by atoms with Crippen molar-refractivity contribution in [3.05, 3.63) is 32.6 Å². The number of H-pyrrole nitrogens is 1. The average Bonchev–Trinajstić information content (AvgIpc) is 2.97. The first-order chi connectivity index (χ1) is 10.9. The summed E-state index contributed by atoms with van der Waals surface area (Å²) in [4.78, 5) is 37.4. The van der Waals surface area contributed by atoms with Crippen molar-refractivity contribution in [3.8, 4) is 0 Å². The average molecular weight is 324 g/mol. The van der Waals surface area contributed by atoms with Crippen LogP contribution in [0.5, 0.6) is 0 Å². The minimum atomic E-state index is -0.564. The standard InChI is InChI=1S/C16H24N2O5/c1-4-10(2)7-12-5-6-13(23-12)18-9-11(8-14(19)22-3)15(20)17-16(18)21/h9-10,12-13H,4-8H2,1-3H3,(H,17,20,21). The van der Waals surface area contributed by atoms with Gasteiger partial charge in [0.15, 0.2) is 0 Å². The van der Waals surface area contributed by atoms with Crippen LogP contribution in [0, 0.1) is 5.92 Å². The van der Waals surface area contributed by atoms with Gasteiger partial charge in [-0.25, -0.2) is 4.79 Å². The molecule has 1 aromatic heterocycles. The zero-order chi connectivity index (χ0) is 17.0. The number of hydrogen-bond acceptors (Lipinski definition) is 5. The van der Waals surface area contributed by atoms with E-state index in [0.717, 1.165) is 19.3 Å². The van der Waals surface area contributed by atoms with E-state index in [0.29, 0.717) is 12.3 Å². The van der Waals surface area contributed by atoms with Crippen molar-refractivity contribution in [2.24, 2.45) is 5.92 Å². The number of esters is 1. The lowest BCUT2D eigenvalue weighted by Gasteiger charge is -2.18. The predicted molar refractivity (Wildman–Crippen MR) is 84.3 cm³/mol. The molecule has 0 spiro atoms. The molecule has 0 radical (unpaired) electrons. The molecular formula is C16H24N2O5. The molecule has 0 amide bonds. The van der Waals surface area contributed by atoms with Crippen molar-refractivity contribution in [2.45, 2.75) is 58.3 Å². The minimum absolute atomic E-state index is 0.123. The van der Waals surface area contributed by atoms with E-state index in [1.807, 2.05) is 0 Å². The Kier molecular flexibility index (Phi) is 5.76. The highest BCUT2D eigenvalue weighted by atomic mass is 16.5.